The molecule has 0 fully saturated rings. The van der Waals surface area contributed by atoms with Gasteiger partial charge < -0.3 is 15.0 Å². The molecule has 0 radical (unpaired) electrons. The van der Waals surface area contributed by atoms with Gasteiger partial charge in [-0.15, -0.1) is 0 Å². The van der Waals surface area contributed by atoms with Crippen molar-refractivity contribution in [2.24, 2.45) is 0 Å². The highest BCUT2D eigenvalue weighted by Crippen LogP contribution is 2.24. The van der Waals surface area contributed by atoms with E-state index in [4.69, 9.17) is 4.74 Å². The number of benzene rings is 3. The van der Waals surface area contributed by atoms with Gasteiger partial charge in [0.25, 0.3) is 0 Å². The minimum absolute atomic E-state index is 0.0363. The first kappa shape index (κ1) is 29.6. The van der Waals surface area contributed by atoms with Crippen molar-refractivity contribution in [2.45, 2.75) is 31.8 Å². The molecule has 0 unspecified atom stereocenters. The summed E-state index contributed by atoms with van der Waals surface area (Å²) in [7, 11) is -0.669. The summed E-state index contributed by atoms with van der Waals surface area (Å²) in [5.74, 6) is -0.742. The smallest absolute Gasteiger partial charge is 0.242 e. The molecule has 0 saturated carbocycles. The quantitative estimate of drug-likeness (QED) is 0.347. The Labute approximate surface area is 229 Å². The molecule has 0 spiro atoms. The van der Waals surface area contributed by atoms with Crippen LogP contribution in [-0.4, -0.2) is 58.1 Å². The Balaban J connectivity index is 1.85. The van der Waals surface area contributed by atoms with Gasteiger partial charge in [0.2, 0.25) is 21.8 Å². The van der Waals surface area contributed by atoms with Crippen LogP contribution in [0.25, 0.3) is 0 Å². The number of carbonyl (C=O) groups is 2. The third-order valence-electron chi connectivity index (χ3n) is 6.31. The van der Waals surface area contributed by atoms with Gasteiger partial charge in [-0.1, -0.05) is 54.6 Å². The summed E-state index contributed by atoms with van der Waals surface area (Å²) in [5, 5.41) is 2.62. The molecule has 0 aliphatic carbocycles. The number of likely N-dealkylation sites (N-methyl/N-ethyl adjacent to an activating group) is 1. The predicted molar refractivity (Wildman–Crippen MR) is 149 cm³/mol. The Morgan fingerprint density at radius 3 is 2.33 bits per heavy atom. The molecule has 0 aliphatic rings. The number of rotatable bonds is 13. The lowest BCUT2D eigenvalue weighted by Gasteiger charge is -2.31. The molecule has 208 valence electrons. The maximum Gasteiger partial charge on any atom is 0.242 e. The molecule has 0 aromatic heterocycles. The molecular formula is C29H34FN3O5S. The van der Waals surface area contributed by atoms with Gasteiger partial charge >= 0.3 is 0 Å². The summed E-state index contributed by atoms with van der Waals surface area (Å²) in [6.07, 6.45) is 1.47. The van der Waals surface area contributed by atoms with Crippen molar-refractivity contribution in [2.75, 3.05) is 31.3 Å². The van der Waals surface area contributed by atoms with Gasteiger partial charge in [-0.25, -0.2) is 12.8 Å². The lowest BCUT2D eigenvalue weighted by Crippen LogP contribution is -2.50. The lowest BCUT2D eigenvalue weighted by atomic mass is 10.0. The van der Waals surface area contributed by atoms with E-state index in [9.17, 15) is 22.4 Å². The molecule has 0 heterocycles. The highest BCUT2D eigenvalue weighted by Gasteiger charge is 2.30. The van der Waals surface area contributed by atoms with Crippen molar-refractivity contribution < 1.29 is 27.1 Å². The van der Waals surface area contributed by atoms with Gasteiger partial charge in [-0.2, -0.15) is 0 Å². The van der Waals surface area contributed by atoms with Crippen LogP contribution in [0.1, 0.15) is 24.0 Å². The number of hydrogen-bond acceptors (Lipinski definition) is 5. The molecular weight excluding hydrogens is 521 g/mol. The number of methoxy groups -OCH3 is 1. The fourth-order valence-corrected chi connectivity index (χ4v) is 5.26. The van der Waals surface area contributed by atoms with Crippen LogP contribution in [0.15, 0.2) is 78.9 Å². The molecule has 3 aromatic carbocycles. The van der Waals surface area contributed by atoms with Gasteiger partial charge in [0.15, 0.2) is 0 Å². The number of carbonyl (C=O) groups excluding carboxylic acids is 2. The normalized spacial score (nSPS) is 11.9. The summed E-state index contributed by atoms with van der Waals surface area (Å²) in [6.45, 7) is -0.0727. The zero-order valence-corrected chi connectivity index (χ0v) is 23.2. The molecule has 3 rings (SSSR count). The van der Waals surface area contributed by atoms with E-state index in [-0.39, 0.29) is 49.7 Å². The van der Waals surface area contributed by atoms with E-state index in [0.29, 0.717) is 11.4 Å². The Bertz CT molecular complexity index is 1370. The average molecular weight is 556 g/mol. The molecule has 1 N–H and O–H groups in total. The van der Waals surface area contributed by atoms with Crippen molar-refractivity contribution in [1.29, 1.82) is 0 Å². The van der Waals surface area contributed by atoms with Crippen LogP contribution in [0.2, 0.25) is 0 Å². The van der Waals surface area contributed by atoms with E-state index in [1.54, 1.807) is 42.5 Å². The topological polar surface area (TPSA) is 96.0 Å². The van der Waals surface area contributed by atoms with Crippen molar-refractivity contribution in [3.05, 3.63) is 95.8 Å². The van der Waals surface area contributed by atoms with E-state index in [0.717, 1.165) is 11.8 Å². The van der Waals surface area contributed by atoms with Crippen molar-refractivity contribution in [3.63, 3.8) is 0 Å². The Morgan fingerprint density at radius 1 is 1.00 bits per heavy atom. The number of sulfonamides is 1. The Morgan fingerprint density at radius 2 is 1.69 bits per heavy atom. The molecule has 3 aromatic rings. The minimum atomic E-state index is -3.65. The first-order valence-corrected chi connectivity index (χ1v) is 14.4. The Hall–Kier alpha value is -3.92. The highest BCUT2D eigenvalue weighted by atomic mass is 32.2. The number of nitrogens with one attached hydrogen (secondary N) is 1. The maximum absolute atomic E-state index is 14.6. The molecule has 2 amide bonds. The molecule has 0 aliphatic heterocycles. The van der Waals surface area contributed by atoms with Crippen LogP contribution in [-0.2, 0) is 32.6 Å². The first-order valence-electron chi connectivity index (χ1n) is 12.5. The molecule has 0 bridgehead atoms. The molecule has 8 nitrogen and oxygen atoms in total. The third-order valence-corrected chi connectivity index (χ3v) is 7.50. The molecule has 1 atom stereocenters. The standard InChI is InChI=1S/C29H34FN3O5S/c1-31-29(35)27(19-22-11-5-4-6-12-22)32(21-23-13-7-8-16-26(23)30)28(34)17-10-18-33(39(3,36)37)24-14-9-15-25(20-24)38-2/h4-9,11-16,20,27H,10,17-19,21H2,1-3H3,(H,31,35)/t27-/m1/s1. The number of ether oxygens (including phenoxy) is 1. The Kier molecular flexibility index (Phi) is 10.4. The number of nitrogens with zero attached hydrogens (tertiary/aromatic N) is 2. The predicted octanol–water partition coefficient (Wildman–Crippen LogP) is 3.77. The fraction of sp³-hybridized carbons (Fsp3) is 0.310. The maximum atomic E-state index is 14.6. The van der Waals surface area contributed by atoms with Crippen LogP contribution in [0.4, 0.5) is 10.1 Å². The molecule has 39 heavy (non-hydrogen) atoms. The van der Waals surface area contributed by atoms with Crippen LogP contribution in [0.5, 0.6) is 5.75 Å². The van der Waals surface area contributed by atoms with E-state index in [2.05, 4.69) is 5.32 Å². The van der Waals surface area contributed by atoms with Gasteiger partial charge in [0.05, 0.1) is 19.1 Å². The average Bonchev–Trinajstić information content (AvgIpc) is 2.93. The number of anilines is 1. The number of amides is 2. The number of halogens is 1. The second kappa shape index (κ2) is 13.7. The second-order valence-corrected chi connectivity index (χ2v) is 11.0. The van der Waals surface area contributed by atoms with Crippen molar-refractivity contribution in [1.82, 2.24) is 10.2 Å². The molecule has 10 heteroatoms. The van der Waals surface area contributed by atoms with Gasteiger partial charge in [0.1, 0.15) is 17.6 Å². The first-order chi connectivity index (χ1) is 18.6. The van der Waals surface area contributed by atoms with Crippen LogP contribution in [0.3, 0.4) is 0 Å². The van der Waals surface area contributed by atoms with Crippen LogP contribution >= 0.6 is 0 Å². The van der Waals surface area contributed by atoms with Gasteiger partial charge in [0, 0.05) is 44.6 Å². The number of hydrogen-bond donors (Lipinski definition) is 1. The SMILES string of the molecule is CNC(=O)[C@@H](Cc1ccccc1)N(Cc1ccccc1F)C(=O)CCCN(c1cccc(OC)c1)S(C)(=O)=O. The monoisotopic (exact) mass is 555 g/mol. The van der Waals surface area contributed by atoms with Gasteiger partial charge in [-0.05, 0) is 30.2 Å². The summed E-state index contributed by atoms with van der Waals surface area (Å²) >= 11 is 0. The minimum Gasteiger partial charge on any atom is -0.497 e. The van der Waals surface area contributed by atoms with Gasteiger partial charge in [-0.3, -0.25) is 13.9 Å². The second-order valence-electron chi connectivity index (χ2n) is 9.07. The van der Waals surface area contributed by atoms with E-state index < -0.39 is 21.9 Å². The summed E-state index contributed by atoms with van der Waals surface area (Å²) < 4.78 is 46.1. The highest BCUT2D eigenvalue weighted by molar-refractivity contribution is 7.92. The van der Waals surface area contributed by atoms with E-state index in [1.807, 2.05) is 30.3 Å². The van der Waals surface area contributed by atoms with E-state index >= 15 is 0 Å². The summed E-state index contributed by atoms with van der Waals surface area (Å²) in [6, 6.07) is 21.1. The van der Waals surface area contributed by atoms with Crippen LogP contribution < -0.4 is 14.4 Å². The lowest BCUT2D eigenvalue weighted by molar-refractivity contribution is -0.141. The summed E-state index contributed by atoms with van der Waals surface area (Å²) in [5.41, 5.74) is 1.54. The zero-order valence-electron chi connectivity index (χ0n) is 22.3. The summed E-state index contributed by atoms with van der Waals surface area (Å²) in [4.78, 5) is 28.0. The largest absolute Gasteiger partial charge is 0.497 e. The van der Waals surface area contributed by atoms with Crippen LogP contribution in [0, 0.1) is 5.82 Å². The fourth-order valence-electron chi connectivity index (χ4n) is 4.30. The van der Waals surface area contributed by atoms with Crippen molar-refractivity contribution >= 4 is 27.5 Å². The van der Waals surface area contributed by atoms with E-state index in [1.165, 1.54) is 29.4 Å². The zero-order chi connectivity index (χ0) is 28.4. The third kappa shape index (κ3) is 8.28. The molecule has 0 saturated heterocycles. The van der Waals surface area contributed by atoms with Crippen molar-refractivity contribution in [3.8, 4) is 5.75 Å².